The van der Waals surface area contributed by atoms with Gasteiger partial charge in [-0.15, -0.1) is 15.7 Å². The predicted octanol–water partition coefficient (Wildman–Crippen LogP) is 4.23. The lowest BCUT2D eigenvalue weighted by Crippen LogP contribution is -2.19. The first-order valence-electron chi connectivity index (χ1n) is 10.3. The van der Waals surface area contributed by atoms with Crippen molar-refractivity contribution in [2.75, 3.05) is 5.32 Å². The molecule has 7 nitrogen and oxygen atoms in total. The van der Waals surface area contributed by atoms with E-state index in [0.717, 1.165) is 78.1 Å². The van der Waals surface area contributed by atoms with Gasteiger partial charge in [-0.05, 0) is 80.9 Å². The third kappa shape index (κ3) is 4.16. The van der Waals surface area contributed by atoms with E-state index in [9.17, 15) is 14.1 Å². The average Bonchev–Trinajstić information content (AvgIpc) is 3.16. The first-order valence-corrected chi connectivity index (χ1v) is 12.8. The number of carbonyl (C=O) groups is 1. The monoisotopic (exact) mass is 448 g/mol. The van der Waals surface area contributed by atoms with Gasteiger partial charge in [0, 0.05) is 17.0 Å². The van der Waals surface area contributed by atoms with E-state index in [0.29, 0.717) is 11.5 Å². The van der Waals surface area contributed by atoms with Gasteiger partial charge in [0.1, 0.15) is 4.21 Å². The van der Waals surface area contributed by atoms with Crippen molar-refractivity contribution in [1.29, 1.82) is 0 Å². The van der Waals surface area contributed by atoms with Gasteiger partial charge in [0.05, 0.1) is 11.3 Å². The molecule has 0 bridgehead atoms. The van der Waals surface area contributed by atoms with Crippen LogP contribution in [-0.4, -0.2) is 20.3 Å². The molecule has 1 saturated carbocycles. The summed E-state index contributed by atoms with van der Waals surface area (Å²) in [5.41, 5.74) is 4.60. The summed E-state index contributed by atoms with van der Waals surface area (Å²) in [4.78, 5) is 17.7. The zero-order valence-electron chi connectivity index (χ0n) is 17.5. The molecule has 0 aromatic carbocycles. The number of thiophene rings is 1. The van der Waals surface area contributed by atoms with E-state index in [1.165, 1.54) is 0 Å². The standard InChI is InChI=1S/C21H28N4O3S2/c1-4-15-18(12-8-9-12)19(14-6-5-7-16(14)23-15)24-20(26)25-30(22,28)17-10-13(11-29-17)21(2,3)27/h10-12,27H,4-9H2,1-3H3,(H3,22,23,24,25,26,28)/t30-/m1/s1. The third-order valence-corrected chi connectivity index (χ3v) is 8.54. The van der Waals surface area contributed by atoms with Crippen LogP contribution in [-0.2, 0) is 34.8 Å². The summed E-state index contributed by atoms with van der Waals surface area (Å²) in [6, 6.07) is 0.851. The number of nitrogens with zero attached hydrogens (tertiary/aromatic N) is 2. The van der Waals surface area contributed by atoms with Crippen LogP contribution in [0, 0.1) is 0 Å². The highest BCUT2D eigenvalue weighted by Crippen LogP contribution is 2.47. The highest BCUT2D eigenvalue weighted by molar-refractivity contribution is 7.93. The maximum Gasteiger partial charge on any atom is 0.354 e. The number of rotatable bonds is 5. The summed E-state index contributed by atoms with van der Waals surface area (Å²) < 4.78 is 17.1. The maximum atomic E-state index is 13.0. The number of aromatic nitrogens is 1. The topological polar surface area (TPSA) is 118 Å². The molecule has 4 N–H and O–H groups in total. The molecule has 2 aliphatic rings. The summed E-state index contributed by atoms with van der Waals surface area (Å²) >= 11 is 1.13. The number of aryl methyl sites for hydroxylation is 2. The number of nitrogens with one attached hydrogen (secondary N) is 1. The molecule has 2 aromatic heterocycles. The minimum Gasteiger partial charge on any atom is -0.386 e. The van der Waals surface area contributed by atoms with Gasteiger partial charge in [0.15, 0.2) is 9.92 Å². The number of carbonyl (C=O) groups excluding carboxylic acids is 1. The molecule has 4 rings (SSSR count). The first kappa shape index (κ1) is 21.4. The summed E-state index contributed by atoms with van der Waals surface area (Å²) in [6.07, 6.45) is 5.80. The van der Waals surface area contributed by atoms with E-state index < -0.39 is 21.5 Å². The summed E-state index contributed by atoms with van der Waals surface area (Å²) in [5, 5.41) is 20.7. The van der Waals surface area contributed by atoms with Crippen LogP contribution in [0.5, 0.6) is 0 Å². The molecule has 162 valence electrons. The van der Waals surface area contributed by atoms with Gasteiger partial charge in [-0.2, -0.15) is 0 Å². The van der Waals surface area contributed by atoms with Crippen molar-refractivity contribution in [2.45, 2.75) is 75.0 Å². The van der Waals surface area contributed by atoms with Crippen LogP contribution in [0.1, 0.15) is 74.0 Å². The van der Waals surface area contributed by atoms with E-state index in [1.54, 1.807) is 25.3 Å². The predicted molar refractivity (Wildman–Crippen MR) is 119 cm³/mol. The van der Waals surface area contributed by atoms with Crippen molar-refractivity contribution in [1.82, 2.24) is 4.98 Å². The zero-order valence-corrected chi connectivity index (χ0v) is 19.2. The maximum absolute atomic E-state index is 13.0. The van der Waals surface area contributed by atoms with Gasteiger partial charge in [0.25, 0.3) is 0 Å². The van der Waals surface area contributed by atoms with E-state index in [2.05, 4.69) is 16.6 Å². The van der Waals surface area contributed by atoms with E-state index in [1.807, 2.05) is 0 Å². The lowest BCUT2D eigenvalue weighted by Gasteiger charge is -2.18. The lowest BCUT2D eigenvalue weighted by atomic mass is 9.99. The Morgan fingerprint density at radius 2 is 2.17 bits per heavy atom. The van der Waals surface area contributed by atoms with E-state index in [-0.39, 0.29) is 4.21 Å². The van der Waals surface area contributed by atoms with Crippen LogP contribution in [0.15, 0.2) is 20.0 Å². The second-order valence-electron chi connectivity index (χ2n) is 8.56. The van der Waals surface area contributed by atoms with Crippen LogP contribution in [0.3, 0.4) is 0 Å². The van der Waals surface area contributed by atoms with Crippen LogP contribution in [0.4, 0.5) is 10.5 Å². The van der Waals surface area contributed by atoms with Crippen molar-refractivity contribution in [3.05, 3.63) is 39.5 Å². The minimum atomic E-state index is -3.41. The first-order chi connectivity index (χ1) is 14.1. The molecule has 2 heterocycles. The molecule has 1 atom stereocenters. The van der Waals surface area contributed by atoms with Gasteiger partial charge < -0.3 is 10.4 Å². The number of amides is 2. The number of anilines is 1. The summed E-state index contributed by atoms with van der Waals surface area (Å²) in [6.45, 7) is 5.35. The van der Waals surface area contributed by atoms with Gasteiger partial charge in [-0.3, -0.25) is 4.98 Å². The molecule has 0 spiro atoms. The molecular formula is C21H28N4O3S2. The Morgan fingerprint density at radius 1 is 1.43 bits per heavy atom. The van der Waals surface area contributed by atoms with E-state index >= 15 is 0 Å². The molecule has 1 fully saturated rings. The largest absolute Gasteiger partial charge is 0.386 e. The Morgan fingerprint density at radius 3 is 2.77 bits per heavy atom. The number of hydrogen-bond donors (Lipinski definition) is 3. The van der Waals surface area contributed by atoms with Gasteiger partial charge in [0.2, 0.25) is 0 Å². The van der Waals surface area contributed by atoms with Crippen molar-refractivity contribution < 1.29 is 14.1 Å². The van der Waals surface area contributed by atoms with Crippen molar-refractivity contribution in [3.8, 4) is 0 Å². The van der Waals surface area contributed by atoms with Crippen LogP contribution in [0.25, 0.3) is 0 Å². The molecular weight excluding hydrogens is 420 g/mol. The van der Waals surface area contributed by atoms with E-state index in [4.69, 9.17) is 10.1 Å². The normalized spacial score (nSPS) is 18.0. The fourth-order valence-corrected chi connectivity index (χ4v) is 6.24. The summed E-state index contributed by atoms with van der Waals surface area (Å²) in [7, 11) is -3.41. The molecule has 2 aliphatic carbocycles. The minimum absolute atomic E-state index is 0.270. The Labute approximate surface area is 181 Å². The summed E-state index contributed by atoms with van der Waals surface area (Å²) in [5.74, 6) is 0.419. The molecule has 9 heteroatoms. The van der Waals surface area contributed by atoms with Crippen molar-refractivity contribution in [2.24, 2.45) is 9.50 Å². The second kappa shape index (κ2) is 7.71. The van der Waals surface area contributed by atoms with Gasteiger partial charge in [-0.1, -0.05) is 6.92 Å². The Kier molecular flexibility index (Phi) is 5.50. The highest BCUT2D eigenvalue weighted by atomic mass is 32.2. The van der Waals surface area contributed by atoms with Crippen LogP contribution in [0.2, 0.25) is 0 Å². The molecule has 0 unspecified atom stereocenters. The zero-order chi connectivity index (χ0) is 21.7. The molecule has 0 radical (unpaired) electrons. The Bertz CT molecular complexity index is 1120. The van der Waals surface area contributed by atoms with Crippen molar-refractivity contribution in [3.63, 3.8) is 0 Å². The highest BCUT2D eigenvalue weighted by Gasteiger charge is 2.33. The van der Waals surface area contributed by atoms with Crippen LogP contribution >= 0.6 is 11.3 Å². The fourth-order valence-electron chi connectivity index (χ4n) is 3.96. The molecule has 0 aliphatic heterocycles. The third-order valence-electron chi connectivity index (χ3n) is 5.68. The number of pyridine rings is 1. The quantitative estimate of drug-likeness (QED) is 0.634. The molecule has 30 heavy (non-hydrogen) atoms. The van der Waals surface area contributed by atoms with Gasteiger partial charge >= 0.3 is 6.03 Å². The molecule has 2 amide bonds. The lowest BCUT2D eigenvalue weighted by molar-refractivity contribution is 0.0789. The van der Waals surface area contributed by atoms with Crippen LogP contribution < -0.4 is 10.5 Å². The molecule has 2 aromatic rings. The fraction of sp³-hybridized carbons (Fsp3) is 0.524. The average molecular weight is 449 g/mol. The number of urea groups is 1. The van der Waals surface area contributed by atoms with Crippen molar-refractivity contribution >= 4 is 33.0 Å². The Hall–Kier alpha value is -1.81. The SMILES string of the molecule is CCc1nc2c(c(NC(=O)N=[S@@](N)(=O)c3cc(C(C)(C)O)cs3)c1C1CC1)CCC2. The molecule has 0 saturated heterocycles. The number of fused-ring (bicyclic) bond motifs is 1. The smallest absolute Gasteiger partial charge is 0.354 e. The Balaban J connectivity index is 1.68. The second-order valence-corrected chi connectivity index (χ2v) is 11.5. The van der Waals surface area contributed by atoms with Gasteiger partial charge in [-0.25, -0.2) is 14.1 Å². The number of aliphatic hydroxyl groups is 1. The number of hydrogen-bond acceptors (Lipinski definition) is 5. The number of nitrogens with two attached hydrogens (primary N) is 1.